The van der Waals surface area contributed by atoms with Gasteiger partial charge in [0.1, 0.15) is 52.8 Å². The second-order valence-corrected chi connectivity index (χ2v) is 29.0. The van der Waals surface area contributed by atoms with Crippen LogP contribution < -0.4 is 14.0 Å². The first-order chi connectivity index (χ1) is 29.7. The van der Waals surface area contributed by atoms with Crippen LogP contribution in [-0.2, 0) is 48.7 Å². The van der Waals surface area contributed by atoms with E-state index >= 15 is 0 Å². The summed E-state index contributed by atoms with van der Waals surface area (Å²) in [5, 5.41) is 14.8. The normalized spacial score (nSPS) is 17.3. The second-order valence-electron chi connectivity index (χ2n) is 28.0. The molecule has 0 amide bonds. The average molecular weight is 919 g/mol. The topological polar surface area (TPSA) is 74.2 Å². The van der Waals surface area contributed by atoms with E-state index in [0.717, 1.165) is 77.9 Å². The number of aromatic hydroxyl groups is 1. The maximum absolute atomic E-state index is 12.8. The number of fused-ring (bicyclic) bond motifs is 7. The lowest BCUT2D eigenvalue weighted by Gasteiger charge is -2.32. The summed E-state index contributed by atoms with van der Waals surface area (Å²) in [6.07, 6.45) is 0. The molecular weight excluding hydrogens is 836 g/mol. The Kier molecular flexibility index (Phi) is 11.5. The number of rotatable bonds is 2. The minimum Gasteiger partial charge on any atom is -0.507 e. The molecule has 1 N–H and O–H groups in total. The van der Waals surface area contributed by atoms with Crippen molar-refractivity contribution in [2.24, 2.45) is 0 Å². The number of ether oxygens (including phenoxy) is 2. The highest BCUT2D eigenvalue weighted by molar-refractivity contribution is 7.32. The number of phenolic OH excluding ortho intramolecular Hbond substituents is 1. The molecule has 7 heteroatoms. The molecule has 3 heterocycles. The van der Waals surface area contributed by atoms with E-state index in [0.29, 0.717) is 5.75 Å². The summed E-state index contributed by atoms with van der Waals surface area (Å²) < 4.78 is 36.6. The van der Waals surface area contributed by atoms with Gasteiger partial charge < -0.3 is 27.5 Å². The molecule has 1 spiro atoms. The van der Waals surface area contributed by atoms with Gasteiger partial charge in [-0.2, -0.15) is 0 Å². The van der Waals surface area contributed by atoms with Crippen LogP contribution in [0.1, 0.15) is 222 Å². The Morgan fingerprint density at radius 1 is 0.424 bits per heavy atom. The van der Waals surface area contributed by atoms with Gasteiger partial charge in [0.2, 0.25) is 0 Å². The number of benzene rings is 4. The third-order valence-corrected chi connectivity index (χ3v) is 14.9. The van der Waals surface area contributed by atoms with Crippen LogP contribution in [0.15, 0.2) is 44.8 Å². The van der Waals surface area contributed by atoms with Gasteiger partial charge in [-0.3, -0.25) is 0 Å². The molecule has 1 unspecified atom stereocenters. The lowest BCUT2D eigenvalue weighted by molar-refractivity contribution is 0.232. The third-order valence-electron chi connectivity index (χ3n) is 13.9. The van der Waals surface area contributed by atoms with Crippen molar-refractivity contribution in [1.29, 1.82) is 0 Å². The number of hydrogen-bond donors (Lipinski definition) is 1. The minimum absolute atomic E-state index is 0.131. The van der Waals surface area contributed by atoms with Crippen molar-refractivity contribution in [3.05, 3.63) is 92.0 Å². The number of phenols is 1. The van der Waals surface area contributed by atoms with Gasteiger partial charge in [-0.25, -0.2) is 0 Å². The van der Waals surface area contributed by atoms with Gasteiger partial charge >= 0.3 is 8.24 Å². The molecule has 0 radical (unpaired) electrons. The smallest absolute Gasteiger partial charge is 0.453 e. The quantitative estimate of drug-likeness (QED) is 0.190. The van der Waals surface area contributed by atoms with Gasteiger partial charge in [0.05, 0.1) is 11.1 Å². The first-order valence-corrected chi connectivity index (χ1v) is 25.4. The molecular formula is C59H83O6P. The summed E-state index contributed by atoms with van der Waals surface area (Å²) in [4.78, 5) is 0. The molecule has 1 atom stereocenters. The van der Waals surface area contributed by atoms with Crippen molar-refractivity contribution in [2.45, 2.75) is 215 Å². The zero-order valence-corrected chi connectivity index (χ0v) is 46.2. The molecule has 0 bridgehead atoms. The summed E-state index contributed by atoms with van der Waals surface area (Å²) in [6.45, 7) is 54.4. The van der Waals surface area contributed by atoms with E-state index in [1.54, 1.807) is 0 Å². The monoisotopic (exact) mass is 919 g/mol. The van der Waals surface area contributed by atoms with Crippen molar-refractivity contribution in [1.82, 2.24) is 0 Å². The molecule has 0 fully saturated rings. The van der Waals surface area contributed by atoms with Gasteiger partial charge in [-0.05, 0) is 78.7 Å². The SMILES string of the molecule is CC(C)(C)c1cc(C(C)(C)C)c2op(Oc3c(C(C)(C)C)cc(C(C)(C)C)c4c3C3(COc5c(C(C)(C)C)cc(C(C)(C)C)c(O)c53)CO4)oc3c(C(C)(C)C)cc(C(C)(C)C)cc3c2c1. The van der Waals surface area contributed by atoms with E-state index in [1.165, 1.54) is 11.1 Å². The molecule has 360 valence electrons. The molecule has 0 saturated heterocycles. The van der Waals surface area contributed by atoms with Gasteiger partial charge in [0.25, 0.3) is 0 Å². The van der Waals surface area contributed by atoms with E-state index < -0.39 is 19.1 Å². The lowest BCUT2D eigenvalue weighted by atomic mass is 9.69. The van der Waals surface area contributed by atoms with Crippen LogP contribution in [0.25, 0.3) is 21.9 Å². The fourth-order valence-corrected chi connectivity index (χ4v) is 10.9. The Morgan fingerprint density at radius 3 is 1.12 bits per heavy atom. The van der Waals surface area contributed by atoms with Gasteiger partial charge in [-0.1, -0.05) is 178 Å². The Morgan fingerprint density at radius 2 is 0.773 bits per heavy atom. The van der Waals surface area contributed by atoms with E-state index in [2.05, 4.69) is 203 Å². The molecule has 5 aromatic rings. The summed E-state index contributed by atoms with van der Waals surface area (Å²) in [7, 11) is -2.17. The predicted octanol–water partition coefficient (Wildman–Crippen LogP) is 17.3. The van der Waals surface area contributed by atoms with E-state index in [1.807, 2.05) is 0 Å². The highest BCUT2D eigenvalue weighted by Gasteiger charge is 2.56. The van der Waals surface area contributed by atoms with Crippen molar-refractivity contribution >= 4 is 30.2 Å². The molecule has 1 aromatic heterocycles. The molecule has 4 aromatic carbocycles. The van der Waals surface area contributed by atoms with Crippen LogP contribution in [0.5, 0.6) is 23.0 Å². The Bertz CT molecular complexity index is 2700. The molecule has 6 nitrogen and oxygen atoms in total. The summed E-state index contributed by atoms with van der Waals surface area (Å²) >= 11 is 0. The van der Waals surface area contributed by atoms with Crippen molar-refractivity contribution < 1.29 is 27.5 Å². The maximum atomic E-state index is 12.8. The molecule has 7 rings (SSSR count). The fraction of sp³-hybridized carbons (Fsp3) is 0.593. The fourth-order valence-electron chi connectivity index (χ4n) is 9.78. The van der Waals surface area contributed by atoms with Gasteiger partial charge in [-0.15, -0.1) is 0 Å². The highest BCUT2D eigenvalue weighted by atomic mass is 31.1. The van der Waals surface area contributed by atoms with Crippen LogP contribution in [0.2, 0.25) is 0 Å². The number of hydrogen-bond acceptors (Lipinski definition) is 6. The van der Waals surface area contributed by atoms with Crippen LogP contribution in [0, 0.1) is 0 Å². The Labute approximate surface area is 399 Å². The summed E-state index contributed by atoms with van der Waals surface area (Å²) in [5.41, 5.74) is 8.93. The molecule has 0 aliphatic carbocycles. The summed E-state index contributed by atoms with van der Waals surface area (Å²) in [5.74, 6) is 2.44. The van der Waals surface area contributed by atoms with E-state index in [4.69, 9.17) is 22.4 Å². The minimum atomic E-state index is -2.17. The zero-order chi connectivity index (χ0) is 49.7. The van der Waals surface area contributed by atoms with Crippen molar-refractivity contribution in [3.8, 4) is 23.0 Å². The first-order valence-electron chi connectivity index (χ1n) is 24.3. The van der Waals surface area contributed by atoms with Crippen molar-refractivity contribution in [3.63, 3.8) is 0 Å². The molecule has 0 saturated carbocycles. The van der Waals surface area contributed by atoms with Gasteiger partial charge in [0.15, 0.2) is 0 Å². The molecule has 2 aliphatic rings. The molecule has 66 heavy (non-hydrogen) atoms. The van der Waals surface area contributed by atoms with Crippen LogP contribution in [-0.4, -0.2) is 18.3 Å². The third kappa shape index (κ3) is 8.58. The molecule has 2 aliphatic heterocycles. The average Bonchev–Trinajstić information content (AvgIpc) is 3.64. The Hall–Kier alpha value is -4.02. The lowest BCUT2D eigenvalue weighted by Crippen LogP contribution is -2.33. The van der Waals surface area contributed by atoms with Crippen LogP contribution >= 0.6 is 8.24 Å². The first kappa shape index (κ1) is 49.9. The Balaban J connectivity index is 1.71. The van der Waals surface area contributed by atoms with Gasteiger partial charge in [0, 0.05) is 44.2 Å². The van der Waals surface area contributed by atoms with E-state index in [9.17, 15) is 5.11 Å². The van der Waals surface area contributed by atoms with Crippen molar-refractivity contribution in [2.75, 3.05) is 13.2 Å². The largest absolute Gasteiger partial charge is 0.507 e. The standard InChI is InChI=1S/C59H83O6P/c1-51(2,3)33-25-35-36-26-34(52(4,5)6)28-39(55(13,14)15)47(36)64-66(63-46(35)38(27-33)54(10,11)12)65-50-42(58(22,23)24)30-41(57(19,20)21)49-44(50)59(32-62-49)31-61-48-40(56(16,17)18)29-37(53(7,8)9)45(60)43(48)59/h25-30,60H,31-32H2,1-24H3. The van der Waals surface area contributed by atoms with Crippen LogP contribution in [0.4, 0.5) is 0 Å². The highest BCUT2D eigenvalue weighted by Crippen LogP contribution is 2.63. The zero-order valence-electron chi connectivity index (χ0n) is 45.3. The summed E-state index contributed by atoms with van der Waals surface area (Å²) in [6, 6.07) is 13.8. The van der Waals surface area contributed by atoms with Crippen LogP contribution in [0.3, 0.4) is 0 Å². The van der Waals surface area contributed by atoms with E-state index in [-0.39, 0.29) is 56.9 Å². The maximum Gasteiger partial charge on any atom is 0.453 e. The predicted molar refractivity (Wildman–Crippen MR) is 278 cm³/mol. The second kappa shape index (κ2) is 15.2.